The van der Waals surface area contributed by atoms with Crippen LogP contribution in [0.25, 0.3) is 0 Å². The molecule has 0 radical (unpaired) electrons. The molecule has 106 valence electrons. The predicted octanol–water partition coefficient (Wildman–Crippen LogP) is 3.31. The second-order valence-electron chi connectivity index (χ2n) is 5.21. The molecule has 1 unspecified atom stereocenters. The molecule has 4 heteroatoms. The Kier molecular flexibility index (Phi) is 5.49. The van der Waals surface area contributed by atoms with Crippen LogP contribution in [0.1, 0.15) is 31.7 Å². The molecule has 0 bridgehead atoms. The Morgan fingerprint density at radius 2 is 2.32 bits per heavy atom. The number of ether oxygens (including phenoxy) is 1. The first-order valence-electron chi connectivity index (χ1n) is 7.07. The van der Waals surface area contributed by atoms with Gasteiger partial charge in [0.05, 0.1) is 6.10 Å². The first-order chi connectivity index (χ1) is 9.19. The lowest BCUT2D eigenvalue weighted by atomic mass is 10.1. The van der Waals surface area contributed by atoms with Crippen LogP contribution in [0.4, 0.5) is 5.69 Å². The molecule has 1 aromatic carbocycles. The minimum Gasteiger partial charge on any atom is -0.398 e. The molecule has 1 heterocycles. The van der Waals surface area contributed by atoms with Crippen LogP contribution >= 0.6 is 11.6 Å². The Morgan fingerprint density at radius 1 is 1.47 bits per heavy atom. The van der Waals surface area contributed by atoms with Gasteiger partial charge in [-0.05, 0) is 43.5 Å². The Morgan fingerprint density at radius 3 is 3.05 bits per heavy atom. The van der Waals surface area contributed by atoms with E-state index in [1.54, 1.807) is 0 Å². The van der Waals surface area contributed by atoms with Crippen LogP contribution in [-0.4, -0.2) is 30.7 Å². The average molecular weight is 283 g/mol. The van der Waals surface area contributed by atoms with Gasteiger partial charge >= 0.3 is 0 Å². The quantitative estimate of drug-likeness (QED) is 0.842. The number of nitrogens with two attached hydrogens (primary N) is 1. The highest BCUT2D eigenvalue weighted by atomic mass is 35.5. The summed E-state index contributed by atoms with van der Waals surface area (Å²) >= 11 is 5.93. The van der Waals surface area contributed by atoms with Crippen LogP contribution in [0.5, 0.6) is 0 Å². The lowest BCUT2D eigenvalue weighted by Crippen LogP contribution is -2.39. The average Bonchev–Trinajstić information content (AvgIpc) is 2.40. The molecule has 1 fully saturated rings. The van der Waals surface area contributed by atoms with E-state index in [1.165, 1.54) is 12.8 Å². The van der Waals surface area contributed by atoms with E-state index < -0.39 is 0 Å². The first-order valence-corrected chi connectivity index (χ1v) is 7.44. The van der Waals surface area contributed by atoms with Crippen LogP contribution in [0.2, 0.25) is 5.02 Å². The van der Waals surface area contributed by atoms with Crippen molar-refractivity contribution in [3.63, 3.8) is 0 Å². The fourth-order valence-corrected chi connectivity index (χ4v) is 2.71. The van der Waals surface area contributed by atoms with Crippen molar-refractivity contribution in [1.82, 2.24) is 4.90 Å². The number of piperidine rings is 1. The molecule has 1 saturated heterocycles. The van der Waals surface area contributed by atoms with E-state index in [2.05, 4.69) is 11.8 Å². The first kappa shape index (κ1) is 14.6. The van der Waals surface area contributed by atoms with E-state index in [0.717, 1.165) is 43.9 Å². The van der Waals surface area contributed by atoms with E-state index in [0.29, 0.717) is 11.1 Å². The molecule has 1 atom stereocenters. The molecule has 0 aliphatic carbocycles. The highest BCUT2D eigenvalue weighted by Gasteiger charge is 2.20. The van der Waals surface area contributed by atoms with Crippen LogP contribution in [-0.2, 0) is 11.3 Å². The number of nitrogens with zero attached hydrogens (tertiary/aromatic N) is 1. The van der Waals surface area contributed by atoms with Crippen molar-refractivity contribution in [2.75, 3.05) is 25.4 Å². The number of hydrogen-bond acceptors (Lipinski definition) is 3. The molecule has 1 aliphatic heterocycles. The van der Waals surface area contributed by atoms with Crippen molar-refractivity contribution < 1.29 is 4.74 Å². The van der Waals surface area contributed by atoms with Gasteiger partial charge in [0, 0.05) is 30.4 Å². The fraction of sp³-hybridized carbons (Fsp3) is 0.600. The maximum atomic E-state index is 6.01. The zero-order valence-corrected chi connectivity index (χ0v) is 12.3. The highest BCUT2D eigenvalue weighted by Crippen LogP contribution is 2.22. The number of likely N-dealkylation sites (tertiary alicyclic amines) is 1. The van der Waals surface area contributed by atoms with E-state index in [1.807, 2.05) is 18.2 Å². The van der Waals surface area contributed by atoms with E-state index in [-0.39, 0.29) is 0 Å². The molecule has 0 amide bonds. The summed E-state index contributed by atoms with van der Waals surface area (Å²) in [5, 5.41) is 0.698. The van der Waals surface area contributed by atoms with Gasteiger partial charge in [-0.3, -0.25) is 4.90 Å². The number of rotatable bonds is 5. The lowest BCUT2D eigenvalue weighted by molar-refractivity contribution is -0.00218. The largest absolute Gasteiger partial charge is 0.398 e. The van der Waals surface area contributed by atoms with Crippen molar-refractivity contribution in [1.29, 1.82) is 0 Å². The van der Waals surface area contributed by atoms with Crippen LogP contribution < -0.4 is 5.73 Å². The van der Waals surface area contributed by atoms with Gasteiger partial charge in [-0.15, -0.1) is 0 Å². The standard InChI is InChI=1S/C15H23ClN2O/c1-2-8-19-14-4-3-7-18(11-14)10-12-5-6-13(16)9-15(12)17/h5-6,9,14H,2-4,7-8,10-11,17H2,1H3. The molecule has 0 spiro atoms. The Balaban J connectivity index is 1.91. The van der Waals surface area contributed by atoms with Crippen molar-refractivity contribution in [3.8, 4) is 0 Å². The molecule has 2 N–H and O–H groups in total. The van der Waals surface area contributed by atoms with E-state index in [9.17, 15) is 0 Å². The maximum absolute atomic E-state index is 6.01. The van der Waals surface area contributed by atoms with Gasteiger partial charge in [0.1, 0.15) is 0 Å². The normalized spacial score (nSPS) is 20.6. The Hall–Kier alpha value is -0.770. The molecular formula is C15H23ClN2O. The van der Waals surface area contributed by atoms with Crippen LogP contribution in [0, 0.1) is 0 Å². The predicted molar refractivity (Wildman–Crippen MR) is 80.4 cm³/mol. The third-order valence-corrected chi connectivity index (χ3v) is 3.76. The minimum atomic E-state index is 0.377. The summed E-state index contributed by atoms with van der Waals surface area (Å²) in [5.74, 6) is 0. The number of nitrogen functional groups attached to an aromatic ring is 1. The summed E-state index contributed by atoms with van der Waals surface area (Å²) < 4.78 is 5.86. The highest BCUT2D eigenvalue weighted by molar-refractivity contribution is 6.30. The number of anilines is 1. The summed E-state index contributed by atoms with van der Waals surface area (Å²) in [6.45, 7) is 6.02. The topological polar surface area (TPSA) is 38.5 Å². The Labute approximate surface area is 120 Å². The molecule has 2 rings (SSSR count). The van der Waals surface area contributed by atoms with Gasteiger partial charge in [0.15, 0.2) is 0 Å². The molecular weight excluding hydrogens is 260 g/mol. The summed E-state index contributed by atoms with van der Waals surface area (Å²) in [7, 11) is 0. The molecule has 0 aromatic heterocycles. The van der Waals surface area contributed by atoms with Crippen molar-refractivity contribution in [2.45, 2.75) is 38.8 Å². The minimum absolute atomic E-state index is 0.377. The van der Waals surface area contributed by atoms with E-state index >= 15 is 0 Å². The second-order valence-corrected chi connectivity index (χ2v) is 5.65. The van der Waals surface area contributed by atoms with Gasteiger partial charge in [0.2, 0.25) is 0 Å². The lowest BCUT2D eigenvalue weighted by Gasteiger charge is -2.32. The third-order valence-electron chi connectivity index (χ3n) is 3.52. The molecule has 0 saturated carbocycles. The van der Waals surface area contributed by atoms with Gasteiger partial charge in [-0.25, -0.2) is 0 Å². The van der Waals surface area contributed by atoms with Crippen LogP contribution in [0.15, 0.2) is 18.2 Å². The van der Waals surface area contributed by atoms with Crippen LogP contribution in [0.3, 0.4) is 0 Å². The zero-order valence-electron chi connectivity index (χ0n) is 11.6. The SMILES string of the molecule is CCCOC1CCCN(Cc2ccc(Cl)cc2N)C1. The van der Waals surface area contributed by atoms with E-state index in [4.69, 9.17) is 22.1 Å². The summed E-state index contributed by atoms with van der Waals surface area (Å²) in [4.78, 5) is 2.42. The Bertz CT molecular complexity index is 411. The van der Waals surface area contributed by atoms with Gasteiger partial charge in [0.25, 0.3) is 0 Å². The number of benzene rings is 1. The molecule has 1 aliphatic rings. The van der Waals surface area contributed by atoms with Gasteiger partial charge in [-0.1, -0.05) is 24.6 Å². The van der Waals surface area contributed by atoms with Crippen molar-refractivity contribution in [3.05, 3.63) is 28.8 Å². The molecule has 3 nitrogen and oxygen atoms in total. The second kappa shape index (κ2) is 7.13. The van der Waals surface area contributed by atoms with Crippen molar-refractivity contribution in [2.24, 2.45) is 0 Å². The smallest absolute Gasteiger partial charge is 0.0702 e. The summed E-state index contributed by atoms with van der Waals surface area (Å²) in [5.41, 5.74) is 7.95. The molecule has 19 heavy (non-hydrogen) atoms. The monoisotopic (exact) mass is 282 g/mol. The number of halogens is 1. The van der Waals surface area contributed by atoms with Gasteiger partial charge in [-0.2, -0.15) is 0 Å². The summed E-state index contributed by atoms with van der Waals surface area (Å²) in [6.07, 6.45) is 3.83. The zero-order chi connectivity index (χ0) is 13.7. The number of hydrogen-bond donors (Lipinski definition) is 1. The fourth-order valence-electron chi connectivity index (χ4n) is 2.53. The van der Waals surface area contributed by atoms with Crippen molar-refractivity contribution >= 4 is 17.3 Å². The maximum Gasteiger partial charge on any atom is 0.0702 e. The van der Waals surface area contributed by atoms with Gasteiger partial charge < -0.3 is 10.5 Å². The summed E-state index contributed by atoms with van der Waals surface area (Å²) in [6, 6.07) is 5.75. The third kappa shape index (κ3) is 4.37. The molecule has 1 aromatic rings.